The molecule has 3 aromatic carbocycles. The van der Waals surface area contributed by atoms with Gasteiger partial charge in [-0.3, -0.25) is 4.79 Å². The lowest BCUT2D eigenvalue weighted by atomic mass is 9.84. The summed E-state index contributed by atoms with van der Waals surface area (Å²) in [5, 5.41) is 5.60. The van der Waals surface area contributed by atoms with Gasteiger partial charge >= 0.3 is 12.2 Å². The minimum Gasteiger partial charge on any atom is -0.453 e. The number of rotatable bonds is 9. The molecule has 0 saturated carbocycles. The van der Waals surface area contributed by atoms with Gasteiger partial charge < -0.3 is 34.5 Å². The standard InChI is InChI=1S/C38H43ClF3N3O7/c1-37(2,3)52-36(48)45-21-28(51-38(22-45)14-16-50-17-15-38)12-13-29-30(42)6-5-7-31(29)43-34(46)33(44-35(47)49-4)32(23-8-10-25(39)11-9-23)24-18-26(40)20-27(41)19-24/h5-11,18-20,28,32-33H,12-17,21-22H2,1-4H3,(H,43,46)(H,44,47)/t28-,32+,33+/m1/s1. The maximum Gasteiger partial charge on any atom is 0.410 e. The Morgan fingerprint density at radius 1 is 1.00 bits per heavy atom. The Morgan fingerprint density at radius 3 is 2.31 bits per heavy atom. The smallest absolute Gasteiger partial charge is 0.410 e. The third-order valence-corrected chi connectivity index (χ3v) is 9.27. The summed E-state index contributed by atoms with van der Waals surface area (Å²) in [5.41, 5.74) is -0.638. The number of nitrogens with one attached hydrogen (secondary N) is 2. The van der Waals surface area contributed by atoms with E-state index < -0.39 is 64.8 Å². The zero-order valence-electron chi connectivity index (χ0n) is 29.5. The van der Waals surface area contributed by atoms with Crippen molar-refractivity contribution in [3.63, 3.8) is 0 Å². The fourth-order valence-electron chi connectivity index (χ4n) is 6.66. The molecule has 0 aromatic heterocycles. The fourth-order valence-corrected chi connectivity index (χ4v) is 6.78. The molecular weight excluding hydrogens is 703 g/mol. The van der Waals surface area contributed by atoms with Crippen LogP contribution in [-0.2, 0) is 30.2 Å². The van der Waals surface area contributed by atoms with E-state index in [1.54, 1.807) is 49.9 Å². The first-order valence-electron chi connectivity index (χ1n) is 17.0. The summed E-state index contributed by atoms with van der Waals surface area (Å²) in [7, 11) is 1.11. The van der Waals surface area contributed by atoms with E-state index in [2.05, 4.69) is 10.6 Å². The molecule has 280 valence electrons. The molecule has 2 aliphatic heterocycles. The van der Waals surface area contributed by atoms with E-state index in [0.717, 1.165) is 19.2 Å². The second kappa shape index (κ2) is 16.6. The van der Waals surface area contributed by atoms with E-state index in [4.69, 9.17) is 30.5 Å². The Kier molecular flexibility index (Phi) is 12.4. The number of benzene rings is 3. The predicted octanol–water partition coefficient (Wildman–Crippen LogP) is 7.37. The van der Waals surface area contributed by atoms with Crippen molar-refractivity contribution in [2.75, 3.05) is 38.7 Å². The van der Waals surface area contributed by atoms with Crippen molar-refractivity contribution < 1.29 is 46.5 Å². The van der Waals surface area contributed by atoms with E-state index >= 15 is 4.39 Å². The number of hydrogen-bond acceptors (Lipinski definition) is 7. The summed E-state index contributed by atoms with van der Waals surface area (Å²) in [6.07, 6.45) is -0.416. The summed E-state index contributed by atoms with van der Waals surface area (Å²) in [6.45, 7) is 6.87. The van der Waals surface area contributed by atoms with Gasteiger partial charge in [-0.05, 0) is 81.1 Å². The van der Waals surface area contributed by atoms with E-state index in [9.17, 15) is 23.2 Å². The van der Waals surface area contributed by atoms with Crippen LogP contribution >= 0.6 is 11.6 Å². The van der Waals surface area contributed by atoms with Gasteiger partial charge in [0.1, 0.15) is 29.1 Å². The zero-order chi connectivity index (χ0) is 37.6. The normalized spacial score (nSPS) is 18.3. The minimum atomic E-state index is -1.50. The molecule has 2 aliphatic rings. The van der Waals surface area contributed by atoms with Crippen molar-refractivity contribution in [1.82, 2.24) is 10.2 Å². The number of nitrogens with zero attached hydrogens (tertiary/aromatic N) is 1. The predicted molar refractivity (Wildman–Crippen MR) is 188 cm³/mol. The molecular formula is C38H43ClF3N3O7. The van der Waals surface area contributed by atoms with Crippen LogP contribution in [0.25, 0.3) is 0 Å². The van der Waals surface area contributed by atoms with Crippen molar-refractivity contribution in [2.24, 2.45) is 0 Å². The van der Waals surface area contributed by atoms with Gasteiger partial charge in [-0.1, -0.05) is 29.8 Å². The van der Waals surface area contributed by atoms with Gasteiger partial charge in [-0.15, -0.1) is 0 Å². The monoisotopic (exact) mass is 745 g/mol. The van der Waals surface area contributed by atoms with Crippen molar-refractivity contribution >= 4 is 35.4 Å². The van der Waals surface area contributed by atoms with Gasteiger partial charge in [0.2, 0.25) is 5.91 Å². The third kappa shape index (κ3) is 9.96. The quantitative estimate of drug-likeness (QED) is 0.235. The molecule has 2 saturated heterocycles. The highest BCUT2D eigenvalue weighted by Gasteiger charge is 2.44. The number of carbonyl (C=O) groups is 3. The van der Waals surface area contributed by atoms with E-state index in [1.807, 2.05) is 0 Å². The number of hydrogen-bond donors (Lipinski definition) is 2. The number of carbonyl (C=O) groups excluding carboxylic acids is 3. The number of alkyl carbamates (subject to hydrolysis) is 1. The largest absolute Gasteiger partial charge is 0.453 e. The fraction of sp³-hybridized carbons (Fsp3) is 0.447. The van der Waals surface area contributed by atoms with Crippen molar-refractivity contribution in [3.8, 4) is 0 Å². The lowest BCUT2D eigenvalue weighted by Gasteiger charge is -2.48. The molecule has 52 heavy (non-hydrogen) atoms. The number of ether oxygens (including phenoxy) is 4. The maximum absolute atomic E-state index is 15.6. The van der Waals surface area contributed by atoms with Crippen LogP contribution in [-0.4, -0.2) is 79.8 Å². The number of morpholine rings is 1. The Labute approximate surface area is 305 Å². The van der Waals surface area contributed by atoms with Crippen LogP contribution in [0, 0.1) is 17.5 Å². The Balaban J connectivity index is 1.43. The SMILES string of the molecule is COC(=O)N[C@H](C(=O)Nc1cccc(F)c1CC[C@@H]1CN(C(=O)OC(C)(C)C)CC2(CCOCC2)O1)[C@@H](c1ccc(Cl)cc1)c1cc(F)cc(F)c1. The summed E-state index contributed by atoms with van der Waals surface area (Å²) in [5.74, 6) is -4.33. The molecule has 1 spiro atoms. The molecule has 2 N–H and O–H groups in total. The van der Waals surface area contributed by atoms with Gasteiger partial charge in [0.15, 0.2) is 0 Å². The van der Waals surface area contributed by atoms with Crippen molar-refractivity contribution in [3.05, 3.63) is 99.8 Å². The van der Waals surface area contributed by atoms with Crippen LogP contribution in [0.2, 0.25) is 5.02 Å². The Bertz CT molecular complexity index is 1730. The first kappa shape index (κ1) is 38.9. The minimum absolute atomic E-state index is 0.0434. The lowest BCUT2D eigenvalue weighted by Crippen LogP contribution is -2.59. The second-order valence-electron chi connectivity index (χ2n) is 14.0. The molecule has 10 nitrogen and oxygen atoms in total. The molecule has 14 heteroatoms. The second-order valence-corrected chi connectivity index (χ2v) is 14.5. The highest BCUT2D eigenvalue weighted by atomic mass is 35.5. The van der Waals surface area contributed by atoms with Crippen LogP contribution in [0.15, 0.2) is 60.7 Å². The molecule has 3 atom stereocenters. The number of anilines is 1. The Morgan fingerprint density at radius 2 is 1.67 bits per heavy atom. The first-order chi connectivity index (χ1) is 24.6. The van der Waals surface area contributed by atoms with Gasteiger partial charge in [0.05, 0.1) is 31.9 Å². The molecule has 2 heterocycles. The summed E-state index contributed by atoms with van der Waals surface area (Å²) in [4.78, 5) is 41.6. The van der Waals surface area contributed by atoms with Gasteiger partial charge in [-0.25, -0.2) is 22.8 Å². The zero-order valence-corrected chi connectivity index (χ0v) is 30.2. The van der Waals surface area contributed by atoms with E-state index in [0.29, 0.717) is 49.3 Å². The van der Waals surface area contributed by atoms with Crippen LogP contribution < -0.4 is 10.6 Å². The summed E-state index contributed by atoms with van der Waals surface area (Å²) in [6, 6.07) is 11.7. The average Bonchev–Trinajstić information content (AvgIpc) is 3.07. The summed E-state index contributed by atoms with van der Waals surface area (Å²) >= 11 is 6.11. The topological polar surface area (TPSA) is 115 Å². The molecule has 3 aromatic rings. The molecule has 0 aliphatic carbocycles. The van der Waals surface area contributed by atoms with Gasteiger partial charge in [0.25, 0.3) is 0 Å². The molecule has 0 bridgehead atoms. The number of halogens is 4. The van der Waals surface area contributed by atoms with E-state index in [-0.39, 0.29) is 36.2 Å². The first-order valence-corrected chi connectivity index (χ1v) is 17.4. The maximum atomic E-state index is 15.6. The van der Waals surface area contributed by atoms with Crippen LogP contribution in [0.5, 0.6) is 0 Å². The van der Waals surface area contributed by atoms with Crippen LogP contribution in [0.4, 0.5) is 28.4 Å². The number of amides is 3. The van der Waals surface area contributed by atoms with Crippen molar-refractivity contribution in [2.45, 2.75) is 75.7 Å². The highest BCUT2D eigenvalue weighted by molar-refractivity contribution is 6.30. The van der Waals surface area contributed by atoms with Crippen molar-refractivity contribution in [1.29, 1.82) is 0 Å². The molecule has 2 fully saturated rings. The molecule has 5 rings (SSSR count). The Hall–Kier alpha value is -4.33. The van der Waals surface area contributed by atoms with Crippen LogP contribution in [0.1, 0.15) is 62.6 Å². The highest BCUT2D eigenvalue weighted by Crippen LogP contribution is 2.35. The van der Waals surface area contributed by atoms with Crippen LogP contribution in [0.3, 0.4) is 0 Å². The van der Waals surface area contributed by atoms with E-state index in [1.165, 1.54) is 18.2 Å². The number of methoxy groups -OCH3 is 1. The average molecular weight is 746 g/mol. The molecule has 0 unspecified atom stereocenters. The van der Waals surface area contributed by atoms with Gasteiger partial charge in [0, 0.05) is 54.3 Å². The molecule has 3 amide bonds. The van der Waals surface area contributed by atoms with Gasteiger partial charge in [-0.2, -0.15) is 0 Å². The molecule has 0 radical (unpaired) electrons. The lowest BCUT2D eigenvalue weighted by molar-refractivity contribution is -0.186. The third-order valence-electron chi connectivity index (χ3n) is 9.02. The summed E-state index contributed by atoms with van der Waals surface area (Å²) < 4.78 is 67.3.